The lowest BCUT2D eigenvalue weighted by Gasteiger charge is -2.23. The van der Waals surface area contributed by atoms with Crippen molar-refractivity contribution in [2.45, 2.75) is 44.9 Å². The molecule has 0 aliphatic heterocycles. The van der Waals surface area contributed by atoms with Crippen molar-refractivity contribution >= 4 is 10.9 Å². The smallest absolute Gasteiger partial charge is 0.194 e. The molecule has 4 rings (SSSR count). The summed E-state index contributed by atoms with van der Waals surface area (Å²) in [5.74, 6) is 0.742. The number of hydrogen-bond acceptors (Lipinski definition) is 0. The third kappa shape index (κ3) is 2.62. The normalized spacial score (nSPS) is 15.8. The van der Waals surface area contributed by atoms with Gasteiger partial charge in [0.2, 0.25) is 11.2 Å². The molecular weight excluding hydrogens is 290 g/mol. The first-order valence-electron chi connectivity index (χ1n) is 9.23. The van der Waals surface area contributed by atoms with E-state index >= 15 is 0 Å². The predicted molar refractivity (Wildman–Crippen MR) is 101 cm³/mol. The largest absolute Gasteiger partial charge is 0.213 e. The third-order valence-electron chi connectivity index (χ3n) is 5.71. The Morgan fingerprint density at radius 1 is 0.833 bits per heavy atom. The van der Waals surface area contributed by atoms with E-state index in [1.807, 2.05) is 0 Å². The SMILES string of the molecule is Cc1ccccc1-c1ccc2c(C3CCCCC3)cccc2[n+]1C. The molecule has 24 heavy (non-hydrogen) atoms. The maximum atomic E-state index is 2.37. The van der Waals surface area contributed by atoms with E-state index < -0.39 is 0 Å². The molecule has 0 amide bonds. The fraction of sp³-hybridized carbons (Fsp3) is 0.348. The number of benzene rings is 2. The van der Waals surface area contributed by atoms with Crippen LogP contribution < -0.4 is 4.57 Å². The predicted octanol–water partition coefficient (Wildman–Crippen LogP) is 5.69. The number of nitrogens with zero attached hydrogens (tertiary/aromatic N) is 1. The van der Waals surface area contributed by atoms with Gasteiger partial charge in [-0.25, -0.2) is 0 Å². The van der Waals surface area contributed by atoms with Gasteiger partial charge in [-0.1, -0.05) is 49.6 Å². The van der Waals surface area contributed by atoms with Crippen LogP contribution in [0.5, 0.6) is 0 Å². The molecular formula is C23H26N+. The molecule has 3 aromatic rings. The van der Waals surface area contributed by atoms with E-state index in [1.54, 1.807) is 5.56 Å². The molecule has 1 aliphatic carbocycles. The fourth-order valence-corrected chi connectivity index (χ4v) is 4.35. The van der Waals surface area contributed by atoms with Gasteiger partial charge in [-0.2, -0.15) is 4.57 Å². The second-order valence-corrected chi connectivity index (χ2v) is 7.21. The van der Waals surface area contributed by atoms with Crippen LogP contribution in [0, 0.1) is 6.92 Å². The van der Waals surface area contributed by atoms with Crippen molar-refractivity contribution in [2.24, 2.45) is 7.05 Å². The molecule has 0 saturated heterocycles. The maximum Gasteiger partial charge on any atom is 0.213 e. The van der Waals surface area contributed by atoms with Crippen molar-refractivity contribution in [1.29, 1.82) is 0 Å². The topological polar surface area (TPSA) is 3.88 Å². The molecule has 0 bridgehead atoms. The van der Waals surface area contributed by atoms with Crippen molar-refractivity contribution in [2.75, 3.05) is 0 Å². The Balaban J connectivity index is 1.87. The molecule has 1 saturated carbocycles. The summed E-state index contributed by atoms with van der Waals surface area (Å²) in [6.07, 6.45) is 6.88. The Morgan fingerprint density at radius 3 is 2.42 bits per heavy atom. The third-order valence-corrected chi connectivity index (χ3v) is 5.71. The second-order valence-electron chi connectivity index (χ2n) is 7.21. The number of hydrogen-bond donors (Lipinski definition) is 0. The lowest BCUT2D eigenvalue weighted by Crippen LogP contribution is -2.32. The first kappa shape index (κ1) is 15.4. The van der Waals surface area contributed by atoms with Crippen molar-refractivity contribution in [1.82, 2.24) is 0 Å². The quantitative estimate of drug-likeness (QED) is 0.535. The molecule has 2 aromatic carbocycles. The van der Waals surface area contributed by atoms with Gasteiger partial charge in [0.1, 0.15) is 7.05 Å². The summed E-state index contributed by atoms with van der Waals surface area (Å²) < 4.78 is 2.37. The number of aryl methyl sites for hydroxylation is 2. The first-order valence-corrected chi connectivity index (χ1v) is 9.23. The summed E-state index contributed by atoms with van der Waals surface area (Å²) in [4.78, 5) is 0. The number of pyridine rings is 1. The minimum atomic E-state index is 0.742. The highest BCUT2D eigenvalue weighted by Gasteiger charge is 2.21. The Labute approximate surface area is 145 Å². The van der Waals surface area contributed by atoms with E-state index in [9.17, 15) is 0 Å². The lowest BCUT2D eigenvalue weighted by molar-refractivity contribution is -0.633. The molecule has 1 heterocycles. The molecule has 1 fully saturated rings. The zero-order chi connectivity index (χ0) is 16.5. The van der Waals surface area contributed by atoms with Crippen LogP contribution in [-0.4, -0.2) is 0 Å². The molecule has 122 valence electrons. The Hall–Kier alpha value is -2.15. The fourth-order valence-electron chi connectivity index (χ4n) is 4.35. The van der Waals surface area contributed by atoms with Gasteiger partial charge in [0, 0.05) is 23.1 Å². The molecule has 1 heteroatoms. The van der Waals surface area contributed by atoms with E-state index in [-0.39, 0.29) is 0 Å². The van der Waals surface area contributed by atoms with Gasteiger partial charge in [-0.05, 0) is 48.9 Å². The number of fused-ring (bicyclic) bond motifs is 1. The molecule has 0 radical (unpaired) electrons. The molecule has 1 aromatic heterocycles. The average Bonchev–Trinajstić information content (AvgIpc) is 2.63. The van der Waals surface area contributed by atoms with Crippen LogP contribution in [0.3, 0.4) is 0 Å². The molecule has 0 spiro atoms. The highest BCUT2D eigenvalue weighted by molar-refractivity contribution is 5.82. The molecule has 1 nitrogen and oxygen atoms in total. The van der Waals surface area contributed by atoms with Crippen LogP contribution >= 0.6 is 0 Å². The van der Waals surface area contributed by atoms with E-state index in [0.717, 1.165) is 5.92 Å². The summed E-state index contributed by atoms with van der Waals surface area (Å²) in [5.41, 5.74) is 6.85. The summed E-state index contributed by atoms with van der Waals surface area (Å²) in [6, 6.07) is 20.2. The molecule has 1 aliphatic rings. The van der Waals surface area contributed by atoms with E-state index in [2.05, 4.69) is 73.1 Å². The highest BCUT2D eigenvalue weighted by Crippen LogP contribution is 2.36. The van der Waals surface area contributed by atoms with E-state index in [1.165, 1.54) is 59.8 Å². The number of aromatic nitrogens is 1. The van der Waals surface area contributed by atoms with Crippen molar-refractivity contribution in [3.8, 4) is 11.3 Å². The van der Waals surface area contributed by atoms with Crippen LogP contribution in [0.2, 0.25) is 0 Å². The zero-order valence-corrected chi connectivity index (χ0v) is 14.8. The Kier molecular flexibility index (Phi) is 4.10. The van der Waals surface area contributed by atoms with Crippen LogP contribution in [-0.2, 0) is 7.05 Å². The van der Waals surface area contributed by atoms with E-state index in [4.69, 9.17) is 0 Å². The number of rotatable bonds is 2. The summed E-state index contributed by atoms with van der Waals surface area (Å²) in [7, 11) is 2.20. The van der Waals surface area contributed by atoms with Crippen LogP contribution in [0.15, 0.2) is 54.6 Å². The van der Waals surface area contributed by atoms with Gasteiger partial charge in [0.25, 0.3) is 0 Å². The minimum absolute atomic E-state index is 0.742. The summed E-state index contributed by atoms with van der Waals surface area (Å²) >= 11 is 0. The monoisotopic (exact) mass is 316 g/mol. The van der Waals surface area contributed by atoms with Gasteiger partial charge < -0.3 is 0 Å². The molecule has 0 unspecified atom stereocenters. The highest BCUT2D eigenvalue weighted by atomic mass is 14.9. The van der Waals surface area contributed by atoms with Crippen LogP contribution in [0.25, 0.3) is 22.2 Å². The van der Waals surface area contributed by atoms with Crippen molar-refractivity contribution in [3.63, 3.8) is 0 Å². The minimum Gasteiger partial charge on any atom is -0.194 e. The van der Waals surface area contributed by atoms with Crippen LogP contribution in [0.4, 0.5) is 0 Å². The zero-order valence-electron chi connectivity index (χ0n) is 14.8. The standard InChI is InChI=1S/C23H26N/c1-17-9-6-7-12-19(17)23-16-15-21-20(18-10-4-3-5-11-18)13-8-14-22(21)24(23)2/h6-9,12-16,18H,3-5,10-11H2,1-2H3/q+1. The maximum absolute atomic E-state index is 2.37. The Bertz CT molecular complexity index is 872. The van der Waals surface area contributed by atoms with Gasteiger partial charge in [0.05, 0.1) is 0 Å². The van der Waals surface area contributed by atoms with Crippen LogP contribution in [0.1, 0.15) is 49.1 Å². The second kappa shape index (κ2) is 6.39. The summed E-state index contributed by atoms with van der Waals surface area (Å²) in [6.45, 7) is 2.19. The lowest BCUT2D eigenvalue weighted by atomic mass is 9.82. The van der Waals surface area contributed by atoms with Gasteiger partial charge >= 0.3 is 0 Å². The van der Waals surface area contributed by atoms with Crippen molar-refractivity contribution < 1.29 is 4.57 Å². The summed E-state index contributed by atoms with van der Waals surface area (Å²) in [5, 5.41) is 1.43. The van der Waals surface area contributed by atoms with Crippen molar-refractivity contribution in [3.05, 3.63) is 65.7 Å². The van der Waals surface area contributed by atoms with Gasteiger partial charge in [-0.15, -0.1) is 0 Å². The van der Waals surface area contributed by atoms with Gasteiger partial charge in [-0.3, -0.25) is 0 Å². The average molecular weight is 316 g/mol. The van der Waals surface area contributed by atoms with Gasteiger partial charge in [0.15, 0.2) is 0 Å². The molecule has 0 atom stereocenters. The molecule has 0 N–H and O–H groups in total. The van der Waals surface area contributed by atoms with E-state index in [0.29, 0.717) is 0 Å². The Morgan fingerprint density at radius 2 is 1.62 bits per heavy atom. The first-order chi connectivity index (χ1) is 11.8.